The molecule has 1 amide bonds. The second-order valence-electron chi connectivity index (χ2n) is 15.7. The number of rotatable bonds is 7. The number of fused-ring (bicyclic) bond motifs is 2. The molecule has 58 heavy (non-hydrogen) atoms. The maximum atomic E-state index is 14.7. The number of anilines is 2. The van der Waals surface area contributed by atoms with E-state index in [-0.39, 0.29) is 28.9 Å². The van der Waals surface area contributed by atoms with Crippen LogP contribution in [0.4, 0.5) is 24.5 Å². The molecule has 0 bridgehead atoms. The lowest BCUT2D eigenvalue weighted by Crippen LogP contribution is -2.36. The van der Waals surface area contributed by atoms with Crippen molar-refractivity contribution in [3.05, 3.63) is 119 Å². The number of aromatic nitrogens is 3. The van der Waals surface area contributed by atoms with E-state index in [0.29, 0.717) is 32.0 Å². The minimum Gasteiger partial charge on any atom is -0.378 e. The minimum atomic E-state index is -4.76. The van der Waals surface area contributed by atoms with E-state index in [1.807, 2.05) is 24.3 Å². The Bertz CT molecular complexity index is 2340. The van der Waals surface area contributed by atoms with E-state index in [4.69, 9.17) is 14.6 Å². The van der Waals surface area contributed by atoms with Crippen molar-refractivity contribution in [2.75, 3.05) is 62.4 Å². The topological polar surface area (TPSA) is 87.8 Å². The van der Waals surface area contributed by atoms with E-state index in [0.717, 1.165) is 95.4 Å². The minimum absolute atomic E-state index is 0.0714. The summed E-state index contributed by atoms with van der Waals surface area (Å²) >= 11 is 0. The first kappa shape index (κ1) is 38.0. The van der Waals surface area contributed by atoms with Crippen molar-refractivity contribution in [2.24, 2.45) is 11.0 Å². The molecule has 13 heteroatoms. The lowest BCUT2D eigenvalue weighted by atomic mass is 9.77. The van der Waals surface area contributed by atoms with E-state index in [1.54, 1.807) is 12.1 Å². The van der Waals surface area contributed by atoms with E-state index in [9.17, 15) is 18.0 Å². The Kier molecular flexibility index (Phi) is 10.3. The highest BCUT2D eigenvalue weighted by Gasteiger charge is 2.45. The molecule has 3 fully saturated rings. The van der Waals surface area contributed by atoms with Crippen molar-refractivity contribution in [1.82, 2.24) is 19.6 Å². The molecule has 5 heterocycles. The van der Waals surface area contributed by atoms with Crippen LogP contribution in [-0.2, 0) is 15.7 Å². The van der Waals surface area contributed by atoms with Gasteiger partial charge in [-0.15, -0.1) is 0 Å². The molecular weight excluding hydrogens is 744 g/mol. The van der Waals surface area contributed by atoms with Crippen LogP contribution in [0.1, 0.15) is 77.9 Å². The highest BCUT2D eigenvalue weighted by atomic mass is 19.4. The molecule has 0 radical (unpaired) electrons. The Morgan fingerprint density at radius 2 is 1.45 bits per heavy atom. The second kappa shape index (κ2) is 15.7. The van der Waals surface area contributed by atoms with Crippen molar-refractivity contribution >= 4 is 34.7 Å². The lowest BCUT2D eigenvalue weighted by molar-refractivity contribution is -0.142. The molecule has 2 saturated heterocycles. The summed E-state index contributed by atoms with van der Waals surface area (Å²) in [4.78, 5) is 23.9. The van der Waals surface area contributed by atoms with Crippen LogP contribution in [0.3, 0.4) is 0 Å². The lowest BCUT2D eigenvalue weighted by Gasteiger charge is -2.31. The predicted octanol–water partition coefficient (Wildman–Crippen LogP) is 8.65. The van der Waals surface area contributed by atoms with Crippen molar-refractivity contribution < 1.29 is 27.4 Å². The molecule has 3 aromatic carbocycles. The smallest absolute Gasteiger partial charge is 0.378 e. The molecule has 2 atom stereocenters. The number of hydrazone groups is 1. The molecule has 0 N–H and O–H groups in total. The fourth-order valence-corrected chi connectivity index (χ4v) is 8.59. The predicted molar refractivity (Wildman–Crippen MR) is 218 cm³/mol. The number of ether oxygens (including phenoxy) is 2. The fraction of sp³-hybridized carbons (Fsp3) is 0.378. The summed E-state index contributed by atoms with van der Waals surface area (Å²) in [7, 11) is 0. The third-order valence-electron chi connectivity index (χ3n) is 11.7. The van der Waals surface area contributed by atoms with Gasteiger partial charge >= 0.3 is 6.18 Å². The molecule has 1 aliphatic carbocycles. The monoisotopic (exact) mass is 789 g/mol. The van der Waals surface area contributed by atoms with Crippen molar-refractivity contribution in [3.8, 4) is 11.3 Å². The zero-order valence-corrected chi connectivity index (χ0v) is 32.7. The van der Waals surface area contributed by atoms with Gasteiger partial charge < -0.3 is 19.3 Å². The zero-order chi connectivity index (χ0) is 40.0. The number of allylic oxidation sites excluding steroid dienone is 1. The highest BCUT2D eigenvalue weighted by molar-refractivity contribution is 6.09. The number of hydrogen-bond donors (Lipinski definition) is 0. The summed E-state index contributed by atoms with van der Waals surface area (Å²) in [6.45, 7) is 10.1. The van der Waals surface area contributed by atoms with Crippen molar-refractivity contribution in [2.45, 2.75) is 51.2 Å². The molecule has 9 rings (SSSR count). The number of alkyl halides is 3. The number of amides is 1. The van der Waals surface area contributed by atoms with Gasteiger partial charge in [0, 0.05) is 55.1 Å². The summed E-state index contributed by atoms with van der Waals surface area (Å²) < 4.78 is 55.8. The Morgan fingerprint density at radius 3 is 2.05 bits per heavy atom. The Hall–Kier alpha value is -5.53. The maximum Gasteiger partial charge on any atom is 0.433 e. The van der Waals surface area contributed by atoms with Gasteiger partial charge in [0.05, 0.1) is 43.9 Å². The summed E-state index contributed by atoms with van der Waals surface area (Å²) in [5, 5.41) is 10.8. The van der Waals surface area contributed by atoms with Crippen LogP contribution in [0, 0.1) is 5.92 Å². The molecule has 2 aromatic heterocycles. The number of halogens is 3. The Morgan fingerprint density at radius 1 is 0.828 bits per heavy atom. The van der Waals surface area contributed by atoms with Gasteiger partial charge in [0.15, 0.2) is 17.0 Å². The van der Waals surface area contributed by atoms with Gasteiger partial charge in [0.2, 0.25) is 0 Å². The number of carbonyl (C=O) groups excluding carboxylic acids is 1. The molecule has 3 aliphatic heterocycles. The zero-order valence-electron chi connectivity index (χ0n) is 32.7. The third-order valence-corrected chi connectivity index (χ3v) is 11.7. The standard InChI is InChI=1S/C45H46F3N7O3/c1-29(2)31-8-10-32(11-9-31)38-27-40(45(46,47)48)54-41(49-38)28-39(50-54)44(56)55-43(33-12-16-36(17-13-33)53-20-24-58-25-21-53)37-5-3-4-34(42(37)51-55)26-30-6-14-35(15-7-30)52-18-22-57-23-19-52/h6-17,26-29,37,43H,3-5,18-25H2,1-2H3/b34-26+/t37-,43+/m0/s1. The summed E-state index contributed by atoms with van der Waals surface area (Å²) in [5.41, 5.74) is 6.52. The summed E-state index contributed by atoms with van der Waals surface area (Å²) in [6.07, 6.45) is -0.108. The third kappa shape index (κ3) is 7.48. The molecule has 10 nitrogen and oxygen atoms in total. The van der Waals surface area contributed by atoms with Gasteiger partial charge in [-0.2, -0.15) is 23.4 Å². The van der Waals surface area contributed by atoms with Crippen LogP contribution >= 0.6 is 0 Å². The number of morpholine rings is 2. The van der Waals surface area contributed by atoms with Gasteiger partial charge in [0.1, 0.15) is 0 Å². The molecule has 0 unspecified atom stereocenters. The van der Waals surface area contributed by atoms with Crippen molar-refractivity contribution in [1.29, 1.82) is 0 Å². The Labute approximate surface area is 335 Å². The molecule has 0 spiro atoms. The molecular formula is C45H46F3N7O3. The number of carbonyl (C=O) groups is 1. The van der Waals surface area contributed by atoms with Gasteiger partial charge in [-0.1, -0.05) is 62.4 Å². The van der Waals surface area contributed by atoms with E-state index in [2.05, 4.69) is 76.2 Å². The van der Waals surface area contributed by atoms with Crippen LogP contribution in [0.2, 0.25) is 0 Å². The number of nitrogens with zero attached hydrogens (tertiary/aromatic N) is 7. The van der Waals surface area contributed by atoms with Gasteiger partial charge in [-0.05, 0) is 83.9 Å². The number of benzene rings is 3. The number of hydrogen-bond acceptors (Lipinski definition) is 8. The maximum absolute atomic E-state index is 14.7. The van der Waals surface area contributed by atoms with E-state index < -0.39 is 23.8 Å². The first-order valence-electron chi connectivity index (χ1n) is 20.2. The average molecular weight is 790 g/mol. The molecule has 5 aromatic rings. The van der Waals surface area contributed by atoms with Crippen LogP contribution in [0.15, 0.2) is 95.6 Å². The quantitative estimate of drug-likeness (QED) is 0.163. The van der Waals surface area contributed by atoms with Gasteiger partial charge in [-0.25, -0.2) is 14.5 Å². The molecule has 4 aliphatic rings. The highest BCUT2D eigenvalue weighted by Crippen LogP contribution is 2.45. The second-order valence-corrected chi connectivity index (χ2v) is 15.7. The summed E-state index contributed by atoms with van der Waals surface area (Å²) in [6, 6.07) is 25.9. The van der Waals surface area contributed by atoms with Gasteiger partial charge in [0.25, 0.3) is 5.91 Å². The van der Waals surface area contributed by atoms with Crippen molar-refractivity contribution in [3.63, 3.8) is 0 Å². The normalized spacial score (nSPS) is 20.9. The van der Waals surface area contributed by atoms with Gasteiger partial charge in [-0.3, -0.25) is 4.79 Å². The fourth-order valence-electron chi connectivity index (χ4n) is 8.59. The first-order valence-corrected chi connectivity index (χ1v) is 20.2. The first-order chi connectivity index (χ1) is 28.1. The SMILES string of the molecule is CC(C)c1ccc(-c2cc(C(F)(F)F)n3nc(C(=O)N4N=C5/C(=C/c6ccc(N7CCOCC7)cc6)CCC[C@@H]5[C@H]4c4ccc(N5CCOCC5)cc4)cc3n2)cc1. The van der Waals surface area contributed by atoms with E-state index in [1.165, 1.54) is 11.1 Å². The van der Waals surface area contributed by atoms with Crippen LogP contribution in [-0.4, -0.2) is 83.8 Å². The average Bonchev–Trinajstić information content (AvgIpc) is 3.87. The van der Waals surface area contributed by atoms with E-state index >= 15 is 0 Å². The summed E-state index contributed by atoms with van der Waals surface area (Å²) in [5.74, 6) is -0.436. The van der Waals surface area contributed by atoms with Crippen LogP contribution in [0.25, 0.3) is 23.0 Å². The van der Waals surface area contributed by atoms with Crippen LogP contribution < -0.4 is 9.80 Å². The Balaban J connectivity index is 1.09. The molecule has 300 valence electrons. The van der Waals surface area contributed by atoms with Crippen LogP contribution in [0.5, 0.6) is 0 Å². The largest absolute Gasteiger partial charge is 0.433 e. The molecule has 1 saturated carbocycles.